The van der Waals surface area contributed by atoms with Crippen LogP contribution in [0.2, 0.25) is 0 Å². The van der Waals surface area contributed by atoms with Crippen molar-refractivity contribution in [3.8, 4) is 34.4 Å². The minimum atomic E-state index is -0.676. The minimum absolute atomic E-state index is 0.0943. The summed E-state index contributed by atoms with van der Waals surface area (Å²) in [6, 6.07) is 13.4. The van der Waals surface area contributed by atoms with Crippen LogP contribution in [0.4, 0.5) is 9.59 Å². The summed E-state index contributed by atoms with van der Waals surface area (Å²) in [5.74, 6) is 8.05. The average molecular weight is 746 g/mol. The van der Waals surface area contributed by atoms with Gasteiger partial charge in [-0.15, -0.1) is 0 Å². The van der Waals surface area contributed by atoms with E-state index in [0.717, 1.165) is 95.9 Å². The number of nitrogens with zero attached hydrogens (tertiary/aromatic N) is 4. The number of aryl methyl sites for hydroxylation is 2. The number of likely N-dealkylation sites (tertiary alicyclic amines) is 2. The Balaban J connectivity index is 1.04. The first-order valence-corrected chi connectivity index (χ1v) is 19.4. The zero-order valence-electron chi connectivity index (χ0n) is 32.6. The highest BCUT2D eigenvalue weighted by Gasteiger charge is 2.38. The summed E-state index contributed by atoms with van der Waals surface area (Å²) in [6.45, 7) is 10.7. The van der Waals surface area contributed by atoms with E-state index >= 15 is 0 Å². The lowest BCUT2D eigenvalue weighted by atomic mass is 9.99. The van der Waals surface area contributed by atoms with Crippen molar-refractivity contribution in [2.75, 3.05) is 20.2 Å². The SMILES string of the molecule is COC(=O)N[C@H](C(=O)N1CCC[C@H]1c1nc2c([nH]1)CCCc1cc(C#Cc3ccc(-c4cnc(C5CCCN5C(=O)OC(C)(C)C)[nH]4)cc3)ccc1-2)C(C)C. The third kappa shape index (κ3) is 8.26. The summed E-state index contributed by atoms with van der Waals surface area (Å²) >= 11 is 0. The summed E-state index contributed by atoms with van der Waals surface area (Å²) < 4.78 is 10.4. The van der Waals surface area contributed by atoms with E-state index in [1.54, 1.807) is 4.90 Å². The molecule has 0 saturated carbocycles. The van der Waals surface area contributed by atoms with Crippen molar-refractivity contribution in [3.63, 3.8) is 0 Å². The van der Waals surface area contributed by atoms with Crippen LogP contribution in [0, 0.1) is 17.8 Å². The number of aromatic nitrogens is 4. The van der Waals surface area contributed by atoms with E-state index in [0.29, 0.717) is 13.1 Å². The van der Waals surface area contributed by atoms with Gasteiger partial charge in [0.25, 0.3) is 0 Å². The lowest BCUT2D eigenvalue weighted by molar-refractivity contribution is -0.135. The fourth-order valence-corrected chi connectivity index (χ4v) is 7.87. The van der Waals surface area contributed by atoms with Crippen molar-refractivity contribution in [2.45, 2.75) is 103 Å². The molecule has 12 heteroatoms. The molecular formula is C43H51N7O5. The molecule has 55 heavy (non-hydrogen) atoms. The number of aromatic amines is 2. The van der Waals surface area contributed by atoms with E-state index in [1.165, 1.54) is 12.7 Å². The Hall–Kier alpha value is -5.57. The normalized spacial score (nSPS) is 18.5. The first-order valence-electron chi connectivity index (χ1n) is 19.4. The monoisotopic (exact) mass is 745 g/mol. The highest BCUT2D eigenvalue weighted by molar-refractivity contribution is 5.86. The van der Waals surface area contributed by atoms with Crippen molar-refractivity contribution < 1.29 is 23.9 Å². The number of rotatable bonds is 6. The quantitative estimate of drug-likeness (QED) is 0.174. The maximum atomic E-state index is 13.7. The van der Waals surface area contributed by atoms with Crippen LogP contribution < -0.4 is 5.32 Å². The second-order valence-corrected chi connectivity index (χ2v) is 16.1. The number of carbonyl (C=O) groups excluding carboxylic acids is 3. The van der Waals surface area contributed by atoms with Crippen LogP contribution >= 0.6 is 0 Å². The van der Waals surface area contributed by atoms with Crippen LogP contribution in [-0.4, -0.2) is 79.7 Å². The fraction of sp³-hybridized carbons (Fsp3) is 0.465. The topological polar surface area (TPSA) is 146 Å². The molecule has 2 aliphatic heterocycles. The van der Waals surface area contributed by atoms with E-state index in [9.17, 15) is 14.4 Å². The van der Waals surface area contributed by atoms with Crippen LogP contribution in [0.25, 0.3) is 22.5 Å². The molecule has 4 aromatic rings. The number of imidazole rings is 2. The van der Waals surface area contributed by atoms with Gasteiger partial charge in [-0.1, -0.05) is 43.9 Å². The molecule has 12 nitrogen and oxygen atoms in total. The maximum Gasteiger partial charge on any atom is 0.410 e. The largest absolute Gasteiger partial charge is 0.453 e. The van der Waals surface area contributed by atoms with E-state index in [-0.39, 0.29) is 30.0 Å². The molecular weight excluding hydrogens is 695 g/mol. The molecule has 0 spiro atoms. The Labute approximate surface area is 322 Å². The molecule has 0 radical (unpaired) electrons. The zero-order valence-corrected chi connectivity index (χ0v) is 32.6. The van der Waals surface area contributed by atoms with Gasteiger partial charge in [-0.3, -0.25) is 9.69 Å². The van der Waals surface area contributed by atoms with E-state index in [4.69, 9.17) is 14.5 Å². The highest BCUT2D eigenvalue weighted by atomic mass is 16.6. The van der Waals surface area contributed by atoms with Crippen molar-refractivity contribution in [2.24, 2.45) is 5.92 Å². The second kappa shape index (κ2) is 15.7. The molecule has 7 rings (SSSR count). The van der Waals surface area contributed by atoms with Crippen molar-refractivity contribution in [1.82, 2.24) is 35.1 Å². The van der Waals surface area contributed by atoms with Crippen molar-refractivity contribution >= 4 is 18.1 Å². The molecule has 2 aromatic carbocycles. The van der Waals surface area contributed by atoms with E-state index in [1.807, 2.05) is 70.0 Å². The Morgan fingerprint density at radius 2 is 1.58 bits per heavy atom. The molecule has 2 fully saturated rings. The number of benzene rings is 2. The third-order valence-corrected chi connectivity index (χ3v) is 10.6. The molecule has 0 bridgehead atoms. The molecule has 3 aliphatic rings. The summed E-state index contributed by atoms with van der Waals surface area (Å²) in [4.78, 5) is 59.0. The Morgan fingerprint density at radius 3 is 2.29 bits per heavy atom. The lowest BCUT2D eigenvalue weighted by Crippen LogP contribution is -2.51. The van der Waals surface area contributed by atoms with Crippen LogP contribution in [0.5, 0.6) is 0 Å². The van der Waals surface area contributed by atoms with Gasteiger partial charge in [-0.2, -0.15) is 0 Å². The number of hydrogen-bond donors (Lipinski definition) is 3. The number of carbonyl (C=O) groups is 3. The Bertz CT molecular complexity index is 2120. The van der Waals surface area contributed by atoms with Crippen LogP contribution in [0.3, 0.4) is 0 Å². The number of ether oxygens (including phenoxy) is 2. The molecule has 3 atom stereocenters. The van der Waals surface area contributed by atoms with Gasteiger partial charge in [0, 0.05) is 35.5 Å². The molecule has 3 amide bonds. The maximum absolute atomic E-state index is 13.7. The number of amides is 3. The first-order chi connectivity index (χ1) is 26.4. The van der Waals surface area contributed by atoms with Gasteiger partial charge in [0.1, 0.15) is 23.3 Å². The molecule has 1 aliphatic carbocycles. The lowest BCUT2D eigenvalue weighted by Gasteiger charge is -2.30. The molecule has 288 valence electrons. The predicted octanol–water partition coefficient (Wildman–Crippen LogP) is 7.47. The molecule has 4 heterocycles. The second-order valence-electron chi connectivity index (χ2n) is 16.1. The summed E-state index contributed by atoms with van der Waals surface area (Å²) in [6.07, 6.45) is 7.09. The van der Waals surface area contributed by atoms with Gasteiger partial charge in [0.2, 0.25) is 5.91 Å². The van der Waals surface area contributed by atoms with Gasteiger partial charge >= 0.3 is 12.2 Å². The number of hydrogen-bond acceptors (Lipinski definition) is 7. The predicted molar refractivity (Wildman–Crippen MR) is 209 cm³/mol. The van der Waals surface area contributed by atoms with Crippen molar-refractivity contribution in [3.05, 3.63) is 82.7 Å². The number of fused-ring (bicyclic) bond motifs is 3. The summed E-state index contributed by atoms with van der Waals surface area (Å²) in [5.41, 5.74) is 7.52. The van der Waals surface area contributed by atoms with Crippen molar-refractivity contribution in [1.29, 1.82) is 0 Å². The van der Waals surface area contributed by atoms with Gasteiger partial charge in [-0.05, 0) is 107 Å². The number of H-pyrrole nitrogens is 2. The van der Waals surface area contributed by atoms with Gasteiger partial charge in [0.15, 0.2) is 0 Å². The number of nitrogens with one attached hydrogen (secondary N) is 3. The standard InChI is InChI=1S/C43H51N7O5/c1-26(2)36(48-41(52)54-6)40(51)49-22-8-13-35(49)39-45-32-11-7-10-30-24-28(18-21-31(30)37(32)47-39)15-14-27-16-19-29(20-17-27)33-25-44-38(46-33)34-12-9-23-50(34)42(53)55-43(3,4)5/h16-21,24-26,34-36H,7-13,22-23H2,1-6H3,(H,44,46)(H,45,47)(H,48,52)/t34?,35-,36-/m0/s1. The number of alkyl carbamates (subject to hydrolysis) is 1. The van der Waals surface area contributed by atoms with Gasteiger partial charge in [0.05, 0.1) is 36.8 Å². The Morgan fingerprint density at radius 1 is 0.891 bits per heavy atom. The van der Waals surface area contributed by atoms with Gasteiger partial charge < -0.3 is 29.7 Å². The number of methoxy groups -OCH3 is 1. The zero-order chi connectivity index (χ0) is 38.9. The average Bonchev–Trinajstić information content (AvgIpc) is 3.98. The molecule has 2 aromatic heterocycles. The van der Waals surface area contributed by atoms with Crippen LogP contribution in [0.15, 0.2) is 48.7 Å². The minimum Gasteiger partial charge on any atom is -0.453 e. The molecule has 1 unspecified atom stereocenters. The third-order valence-electron chi connectivity index (χ3n) is 10.6. The smallest absolute Gasteiger partial charge is 0.410 e. The van der Waals surface area contributed by atoms with Crippen LogP contribution in [0.1, 0.15) is 113 Å². The van der Waals surface area contributed by atoms with E-state index in [2.05, 4.69) is 50.3 Å². The summed E-state index contributed by atoms with van der Waals surface area (Å²) in [5, 5.41) is 2.73. The summed E-state index contributed by atoms with van der Waals surface area (Å²) in [7, 11) is 1.30. The van der Waals surface area contributed by atoms with E-state index < -0.39 is 17.7 Å². The van der Waals surface area contributed by atoms with Crippen LogP contribution in [-0.2, 0) is 27.1 Å². The molecule has 2 saturated heterocycles. The fourth-order valence-electron chi connectivity index (χ4n) is 7.87. The Kier molecular flexibility index (Phi) is 10.7. The first kappa shape index (κ1) is 37.7. The highest BCUT2D eigenvalue weighted by Crippen LogP contribution is 2.37. The molecule has 3 N–H and O–H groups in total. The van der Waals surface area contributed by atoms with Gasteiger partial charge in [-0.25, -0.2) is 19.6 Å².